The molecule has 2 amide bonds. The normalized spacial score (nSPS) is 16.4. The van der Waals surface area contributed by atoms with Gasteiger partial charge in [0.25, 0.3) is 5.91 Å². The van der Waals surface area contributed by atoms with Crippen molar-refractivity contribution in [3.05, 3.63) is 58.1 Å². The molecule has 3 rings (SSSR count). The van der Waals surface area contributed by atoms with Crippen molar-refractivity contribution in [1.82, 2.24) is 4.90 Å². The molecule has 0 saturated carbocycles. The summed E-state index contributed by atoms with van der Waals surface area (Å²) in [5, 5.41) is 3.62. The lowest BCUT2D eigenvalue weighted by atomic mass is 10.1. The standard InChI is InChI=1S/C19H18Cl2N2O3/c1-26-17-7-3-2-5-15(17)22-18(24)16-6-4-8-23(16)19(25)12-9-13(20)11-14(21)10-12/h2-3,5,7,9-11,16H,4,6,8H2,1H3,(H,22,24)/t16-/m1/s1. The van der Waals surface area contributed by atoms with Crippen molar-refractivity contribution in [1.29, 1.82) is 0 Å². The van der Waals surface area contributed by atoms with Gasteiger partial charge in [-0.15, -0.1) is 0 Å². The van der Waals surface area contributed by atoms with Gasteiger partial charge in [-0.05, 0) is 43.2 Å². The molecule has 1 fully saturated rings. The summed E-state index contributed by atoms with van der Waals surface area (Å²) in [4.78, 5) is 27.2. The second kappa shape index (κ2) is 7.98. The highest BCUT2D eigenvalue weighted by atomic mass is 35.5. The molecular weight excluding hydrogens is 375 g/mol. The number of likely N-dealkylation sites (tertiary alicyclic amines) is 1. The van der Waals surface area contributed by atoms with E-state index in [0.29, 0.717) is 40.0 Å². The number of carbonyl (C=O) groups is 2. The molecule has 1 aliphatic heterocycles. The van der Waals surface area contributed by atoms with Crippen LogP contribution in [0.15, 0.2) is 42.5 Å². The van der Waals surface area contributed by atoms with Crippen LogP contribution in [0.5, 0.6) is 5.75 Å². The number of para-hydroxylation sites is 2. The summed E-state index contributed by atoms with van der Waals surface area (Å²) in [5.41, 5.74) is 0.949. The van der Waals surface area contributed by atoms with Gasteiger partial charge >= 0.3 is 0 Å². The van der Waals surface area contributed by atoms with Gasteiger partial charge in [-0.3, -0.25) is 9.59 Å². The zero-order valence-electron chi connectivity index (χ0n) is 14.2. The van der Waals surface area contributed by atoms with E-state index in [4.69, 9.17) is 27.9 Å². The zero-order valence-corrected chi connectivity index (χ0v) is 15.7. The molecule has 1 N–H and O–H groups in total. The van der Waals surface area contributed by atoms with Crippen LogP contribution in [-0.2, 0) is 4.79 Å². The number of benzene rings is 2. The lowest BCUT2D eigenvalue weighted by Gasteiger charge is -2.24. The average Bonchev–Trinajstić information content (AvgIpc) is 3.10. The van der Waals surface area contributed by atoms with E-state index >= 15 is 0 Å². The summed E-state index contributed by atoms with van der Waals surface area (Å²) in [7, 11) is 1.54. The molecule has 0 bridgehead atoms. The van der Waals surface area contributed by atoms with Crippen LogP contribution in [0.4, 0.5) is 5.69 Å². The van der Waals surface area contributed by atoms with Crippen LogP contribution in [0.1, 0.15) is 23.2 Å². The van der Waals surface area contributed by atoms with Crippen LogP contribution in [0, 0.1) is 0 Å². The van der Waals surface area contributed by atoms with Gasteiger partial charge in [0.2, 0.25) is 5.91 Å². The summed E-state index contributed by atoms with van der Waals surface area (Å²) >= 11 is 12.0. The van der Waals surface area contributed by atoms with Gasteiger partial charge in [-0.2, -0.15) is 0 Å². The minimum absolute atomic E-state index is 0.242. The van der Waals surface area contributed by atoms with Gasteiger partial charge in [-0.1, -0.05) is 35.3 Å². The number of amides is 2. The average molecular weight is 393 g/mol. The summed E-state index contributed by atoms with van der Waals surface area (Å²) in [6, 6.07) is 11.3. The molecule has 0 aromatic heterocycles. The van der Waals surface area contributed by atoms with Gasteiger partial charge in [0.15, 0.2) is 0 Å². The van der Waals surface area contributed by atoms with Gasteiger partial charge in [0.05, 0.1) is 12.8 Å². The molecule has 2 aromatic rings. The first kappa shape index (κ1) is 18.5. The predicted octanol–water partition coefficient (Wildman–Crippen LogP) is 4.25. The predicted molar refractivity (Wildman–Crippen MR) is 102 cm³/mol. The fourth-order valence-corrected chi connectivity index (χ4v) is 3.62. The van der Waals surface area contributed by atoms with Crippen LogP contribution in [-0.4, -0.2) is 36.4 Å². The number of hydrogen-bond acceptors (Lipinski definition) is 3. The molecular formula is C19H18Cl2N2O3. The summed E-state index contributed by atoms with van der Waals surface area (Å²) in [5.74, 6) is 0.0684. The fraction of sp³-hybridized carbons (Fsp3) is 0.263. The highest BCUT2D eigenvalue weighted by Crippen LogP contribution is 2.27. The number of halogens is 2. The van der Waals surface area contributed by atoms with E-state index in [1.54, 1.807) is 42.3 Å². The van der Waals surface area contributed by atoms with Gasteiger partial charge in [0.1, 0.15) is 11.8 Å². The molecule has 0 unspecified atom stereocenters. The molecule has 5 nitrogen and oxygen atoms in total. The maximum absolute atomic E-state index is 12.8. The first-order valence-electron chi connectivity index (χ1n) is 8.20. The Morgan fingerprint density at radius 2 is 1.85 bits per heavy atom. The van der Waals surface area contributed by atoms with E-state index in [9.17, 15) is 9.59 Å². The Morgan fingerprint density at radius 1 is 1.15 bits per heavy atom. The van der Waals surface area contributed by atoms with Crippen molar-refractivity contribution >= 4 is 40.7 Å². The first-order chi connectivity index (χ1) is 12.5. The third-order valence-electron chi connectivity index (χ3n) is 4.29. The number of nitrogens with zero attached hydrogens (tertiary/aromatic N) is 1. The number of methoxy groups -OCH3 is 1. The molecule has 0 aliphatic carbocycles. The van der Waals surface area contributed by atoms with Gasteiger partial charge in [-0.25, -0.2) is 0 Å². The number of carbonyl (C=O) groups excluding carboxylic acids is 2. The number of anilines is 1. The van der Waals surface area contributed by atoms with Crippen molar-refractivity contribution in [3.8, 4) is 5.75 Å². The number of ether oxygens (including phenoxy) is 1. The van der Waals surface area contributed by atoms with Crippen molar-refractivity contribution in [2.75, 3.05) is 19.0 Å². The van der Waals surface area contributed by atoms with Crippen LogP contribution in [0.3, 0.4) is 0 Å². The minimum atomic E-state index is -0.551. The highest BCUT2D eigenvalue weighted by Gasteiger charge is 2.35. The Kier molecular flexibility index (Phi) is 5.69. The van der Waals surface area contributed by atoms with Crippen molar-refractivity contribution in [2.24, 2.45) is 0 Å². The van der Waals surface area contributed by atoms with Crippen LogP contribution < -0.4 is 10.1 Å². The Labute approximate surface area is 161 Å². The third kappa shape index (κ3) is 3.94. The summed E-state index contributed by atoms with van der Waals surface area (Å²) in [6.07, 6.45) is 1.35. The van der Waals surface area contributed by atoms with E-state index in [1.165, 1.54) is 0 Å². The SMILES string of the molecule is COc1ccccc1NC(=O)[C@H]1CCCN1C(=O)c1cc(Cl)cc(Cl)c1. The van der Waals surface area contributed by atoms with Crippen molar-refractivity contribution in [3.63, 3.8) is 0 Å². The summed E-state index contributed by atoms with van der Waals surface area (Å²) < 4.78 is 5.25. The molecule has 1 aliphatic rings. The number of hydrogen-bond donors (Lipinski definition) is 1. The zero-order chi connectivity index (χ0) is 18.7. The molecule has 7 heteroatoms. The second-order valence-corrected chi connectivity index (χ2v) is 6.88. The highest BCUT2D eigenvalue weighted by molar-refractivity contribution is 6.35. The maximum Gasteiger partial charge on any atom is 0.254 e. The van der Waals surface area contributed by atoms with E-state index < -0.39 is 6.04 Å². The lowest BCUT2D eigenvalue weighted by molar-refractivity contribution is -0.119. The van der Waals surface area contributed by atoms with Gasteiger partial charge < -0.3 is 15.0 Å². The molecule has 0 spiro atoms. The lowest BCUT2D eigenvalue weighted by Crippen LogP contribution is -2.43. The molecule has 1 atom stereocenters. The van der Waals surface area contributed by atoms with Crippen molar-refractivity contribution < 1.29 is 14.3 Å². The molecule has 1 heterocycles. The molecule has 26 heavy (non-hydrogen) atoms. The number of nitrogens with one attached hydrogen (secondary N) is 1. The molecule has 1 saturated heterocycles. The molecule has 136 valence electrons. The van der Waals surface area contributed by atoms with Crippen LogP contribution in [0.2, 0.25) is 10.0 Å². The number of rotatable bonds is 4. The maximum atomic E-state index is 12.8. The second-order valence-electron chi connectivity index (χ2n) is 6.00. The summed E-state index contributed by atoms with van der Waals surface area (Å²) in [6.45, 7) is 0.507. The van der Waals surface area contributed by atoms with E-state index in [-0.39, 0.29) is 11.8 Å². The van der Waals surface area contributed by atoms with E-state index in [2.05, 4.69) is 5.32 Å². The quantitative estimate of drug-likeness (QED) is 0.845. The monoisotopic (exact) mass is 392 g/mol. The minimum Gasteiger partial charge on any atom is -0.495 e. The Balaban J connectivity index is 1.79. The molecule has 2 aromatic carbocycles. The van der Waals surface area contributed by atoms with Crippen LogP contribution >= 0.6 is 23.2 Å². The van der Waals surface area contributed by atoms with Gasteiger partial charge in [0, 0.05) is 22.2 Å². The Hall–Kier alpha value is -2.24. The van der Waals surface area contributed by atoms with Crippen molar-refractivity contribution in [2.45, 2.75) is 18.9 Å². The third-order valence-corrected chi connectivity index (χ3v) is 4.73. The molecule has 0 radical (unpaired) electrons. The largest absolute Gasteiger partial charge is 0.495 e. The topological polar surface area (TPSA) is 58.6 Å². The Morgan fingerprint density at radius 3 is 2.54 bits per heavy atom. The Bertz CT molecular complexity index is 821. The smallest absolute Gasteiger partial charge is 0.254 e. The van der Waals surface area contributed by atoms with E-state index in [0.717, 1.165) is 6.42 Å². The van der Waals surface area contributed by atoms with Crippen LogP contribution in [0.25, 0.3) is 0 Å². The first-order valence-corrected chi connectivity index (χ1v) is 8.96. The fourth-order valence-electron chi connectivity index (χ4n) is 3.09. The van der Waals surface area contributed by atoms with E-state index in [1.807, 2.05) is 12.1 Å².